The Morgan fingerprint density at radius 1 is 0.909 bits per heavy atom. The summed E-state index contributed by atoms with van der Waals surface area (Å²) in [6.45, 7) is -0.612. The Balaban J connectivity index is 1.98. The second kappa shape index (κ2) is 5.54. The van der Waals surface area contributed by atoms with Gasteiger partial charge < -0.3 is 5.11 Å². The number of benzene rings is 2. The van der Waals surface area contributed by atoms with E-state index in [1.807, 2.05) is 0 Å². The summed E-state index contributed by atoms with van der Waals surface area (Å²) in [5.74, 6) is -1.56. The van der Waals surface area contributed by atoms with Gasteiger partial charge in [0, 0.05) is 5.56 Å². The molecule has 2 aromatic carbocycles. The smallest absolute Gasteiger partial charge is 0.262 e. The van der Waals surface area contributed by atoms with Crippen molar-refractivity contribution in [1.82, 2.24) is 4.90 Å². The fourth-order valence-corrected chi connectivity index (χ4v) is 2.57. The molecular formula is C17H13NO4. The van der Waals surface area contributed by atoms with Crippen LogP contribution in [0.1, 0.15) is 31.1 Å². The molecule has 0 radical (unpaired) electrons. The number of amides is 2. The number of rotatable bonds is 4. The molecule has 0 saturated heterocycles. The van der Waals surface area contributed by atoms with Crippen LogP contribution >= 0.6 is 0 Å². The maximum atomic E-state index is 12.5. The van der Waals surface area contributed by atoms with Gasteiger partial charge in [0.15, 0.2) is 5.78 Å². The topological polar surface area (TPSA) is 74.7 Å². The highest BCUT2D eigenvalue weighted by atomic mass is 16.3. The molecule has 0 spiro atoms. The average molecular weight is 295 g/mol. The van der Waals surface area contributed by atoms with E-state index < -0.39 is 30.2 Å². The maximum absolute atomic E-state index is 12.5. The lowest BCUT2D eigenvalue weighted by atomic mass is 10.0. The summed E-state index contributed by atoms with van der Waals surface area (Å²) in [6.07, 6.45) is 0. The van der Waals surface area contributed by atoms with Gasteiger partial charge in [-0.05, 0) is 12.1 Å². The van der Waals surface area contributed by atoms with Gasteiger partial charge in [0.05, 0.1) is 17.7 Å². The number of fused-ring (bicyclic) bond motifs is 1. The number of aliphatic hydroxyl groups is 1. The van der Waals surface area contributed by atoms with Crippen LogP contribution in [0.4, 0.5) is 0 Å². The van der Waals surface area contributed by atoms with Gasteiger partial charge in [-0.25, -0.2) is 0 Å². The van der Waals surface area contributed by atoms with Crippen molar-refractivity contribution in [3.05, 3.63) is 71.3 Å². The summed E-state index contributed by atoms with van der Waals surface area (Å²) >= 11 is 0. The van der Waals surface area contributed by atoms with Gasteiger partial charge in [-0.15, -0.1) is 0 Å². The first-order valence-corrected chi connectivity index (χ1v) is 6.82. The third-order valence-electron chi connectivity index (χ3n) is 3.67. The van der Waals surface area contributed by atoms with Crippen molar-refractivity contribution in [3.8, 4) is 0 Å². The van der Waals surface area contributed by atoms with Gasteiger partial charge in [-0.2, -0.15) is 0 Å². The summed E-state index contributed by atoms with van der Waals surface area (Å²) in [7, 11) is 0. The highest BCUT2D eigenvalue weighted by Crippen LogP contribution is 2.25. The number of imide groups is 1. The third-order valence-corrected chi connectivity index (χ3v) is 3.67. The summed E-state index contributed by atoms with van der Waals surface area (Å²) < 4.78 is 0. The first-order valence-electron chi connectivity index (χ1n) is 6.82. The van der Waals surface area contributed by atoms with Crippen LogP contribution in [-0.4, -0.2) is 40.3 Å². The second-order valence-corrected chi connectivity index (χ2v) is 4.95. The average Bonchev–Trinajstić information content (AvgIpc) is 2.82. The third kappa shape index (κ3) is 2.12. The molecule has 0 bridgehead atoms. The molecular weight excluding hydrogens is 282 g/mol. The summed E-state index contributed by atoms with van der Waals surface area (Å²) in [6, 6.07) is 13.5. The van der Waals surface area contributed by atoms with E-state index in [9.17, 15) is 19.5 Å². The van der Waals surface area contributed by atoms with Crippen LogP contribution in [0, 0.1) is 0 Å². The van der Waals surface area contributed by atoms with Crippen LogP contribution in [0.3, 0.4) is 0 Å². The Hall–Kier alpha value is -2.79. The van der Waals surface area contributed by atoms with Gasteiger partial charge in [-0.1, -0.05) is 42.5 Å². The van der Waals surface area contributed by atoms with Crippen LogP contribution < -0.4 is 0 Å². The van der Waals surface area contributed by atoms with Gasteiger partial charge >= 0.3 is 0 Å². The minimum Gasteiger partial charge on any atom is -0.394 e. The van der Waals surface area contributed by atoms with E-state index in [2.05, 4.69) is 0 Å². The van der Waals surface area contributed by atoms with Gasteiger partial charge in [0.1, 0.15) is 6.04 Å². The molecule has 0 aliphatic carbocycles. The normalized spacial score (nSPS) is 14.9. The van der Waals surface area contributed by atoms with E-state index in [4.69, 9.17) is 0 Å². The number of nitrogens with zero attached hydrogens (tertiary/aromatic N) is 1. The van der Waals surface area contributed by atoms with Crippen molar-refractivity contribution < 1.29 is 19.5 Å². The molecule has 1 aliphatic heterocycles. The summed E-state index contributed by atoms with van der Waals surface area (Å²) in [5, 5.41) is 9.57. The predicted molar refractivity (Wildman–Crippen MR) is 78.6 cm³/mol. The molecule has 1 N–H and O–H groups in total. The number of Topliss-reactive ketones (excluding diaryl/α,β-unsaturated/α-hetero) is 1. The lowest BCUT2D eigenvalue weighted by Gasteiger charge is -2.23. The maximum Gasteiger partial charge on any atom is 0.262 e. The lowest BCUT2D eigenvalue weighted by molar-refractivity contribution is 0.0473. The first-order chi connectivity index (χ1) is 10.6. The van der Waals surface area contributed by atoms with E-state index in [1.54, 1.807) is 42.5 Å². The molecule has 0 unspecified atom stereocenters. The van der Waals surface area contributed by atoms with Gasteiger partial charge in [0.25, 0.3) is 11.8 Å². The molecule has 3 rings (SSSR count). The van der Waals surface area contributed by atoms with Crippen LogP contribution in [0.5, 0.6) is 0 Å². The van der Waals surface area contributed by atoms with E-state index in [1.165, 1.54) is 12.1 Å². The number of carbonyl (C=O) groups is 3. The minimum atomic E-state index is -1.21. The Bertz CT molecular complexity index is 719. The van der Waals surface area contributed by atoms with E-state index in [0.717, 1.165) is 4.90 Å². The number of hydrogen-bond acceptors (Lipinski definition) is 4. The van der Waals surface area contributed by atoms with Crippen LogP contribution in [0.15, 0.2) is 54.6 Å². The fourth-order valence-electron chi connectivity index (χ4n) is 2.57. The molecule has 0 fully saturated rings. The van der Waals surface area contributed by atoms with Crippen molar-refractivity contribution in [2.24, 2.45) is 0 Å². The first kappa shape index (κ1) is 14.2. The zero-order valence-corrected chi connectivity index (χ0v) is 11.6. The molecule has 110 valence electrons. The molecule has 1 heterocycles. The predicted octanol–water partition coefficient (Wildman–Crippen LogP) is 1.53. The van der Waals surface area contributed by atoms with Crippen molar-refractivity contribution in [1.29, 1.82) is 0 Å². The molecule has 5 heteroatoms. The fraction of sp³-hybridized carbons (Fsp3) is 0.118. The van der Waals surface area contributed by atoms with Crippen molar-refractivity contribution in [2.45, 2.75) is 6.04 Å². The molecule has 1 aliphatic rings. The molecule has 1 atom stereocenters. The SMILES string of the molecule is O=C(c1ccccc1)[C@H](CO)N1C(=O)c2ccccc2C1=O. The highest BCUT2D eigenvalue weighted by molar-refractivity contribution is 6.23. The Morgan fingerprint density at radius 3 is 1.91 bits per heavy atom. The number of carbonyl (C=O) groups excluding carboxylic acids is 3. The summed E-state index contributed by atoms with van der Waals surface area (Å²) in [4.78, 5) is 38.1. The Labute approximate surface area is 126 Å². The standard InChI is InChI=1S/C17H13NO4/c19-10-14(15(20)11-6-2-1-3-7-11)18-16(21)12-8-4-5-9-13(12)17(18)22/h1-9,14,19H,10H2/t14-/m0/s1. The quantitative estimate of drug-likeness (QED) is 0.685. The van der Waals surface area contributed by atoms with Crippen LogP contribution in [0.25, 0.3) is 0 Å². The monoisotopic (exact) mass is 295 g/mol. The Kier molecular flexibility index (Phi) is 3.56. The number of hydrogen-bond donors (Lipinski definition) is 1. The highest BCUT2D eigenvalue weighted by Gasteiger charge is 2.42. The molecule has 22 heavy (non-hydrogen) atoms. The number of aliphatic hydroxyl groups excluding tert-OH is 1. The van der Waals surface area contributed by atoms with Crippen LogP contribution in [0.2, 0.25) is 0 Å². The minimum absolute atomic E-state index is 0.256. The second-order valence-electron chi connectivity index (χ2n) is 4.95. The zero-order chi connectivity index (χ0) is 15.7. The van der Waals surface area contributed by atoms with Gasteiger partial charge in [-0.3, -0.25) is 19.3 Å². The summed E-state index contributed by atoms with van der Waals surface area (Å²) in [5.41, 5.74) is 0.858. The Morgan fingerprint density at radius 2 is 1.41 bits per heavy atom. The molecule has 0 aromatic heterocycles. The van der Waals surface area contributed by atoms with Gasteiger partial charge in [0.2, 0.25) is 0 Å². The molecule has 0 saturated carbocycles. The molecule has 5 nitrogen and oxygen atoms in total. The number of ketones is 1. The largest absolute Gasteiger partial charge is 0.394 e. The van der Waals surface area contributed by atoms with E-state index in [-0.39, 0.29) is 11.1 Å². The van der Waals surface area contributed by atoms with Crippen molar-refractivity contribution in [3.63, 3.8) is 0 Å². The van der Waals surface area contributed by atoms with Crippen molar-refractivity contribution in [2.75, 3.05) is 6.61 Å². The van der Waals surface area contributed by atoms with E-state index >= 15 is 0 Å². The lowest BCUT2D eigenvalue weighted by Crippen LogP contribution is -2.47. The molecule has 2 aromatic rings. The van der Waals surface area contributed by atoms with E-state index in [0.29, 0.717) is 5.56 Å². The zero-order valence-electron chi connectivity index (χ0n) is 11.6. The molecule has 2 amide bonds. The van der Waals surface area contributed by atoms with Crippen molar-refractivity contribution >= 4 is 17.6 Å². The van der Waals surface area contributed by atoms with Crippen LogP contribution in [-0.2, 0) is 0 Å².